The molecule has 3 amide bonds. The summed E-state index contributed by atoms with van der Waals surface area (Å²) in [7, 11) is 0. The van der Waals surface area contributed by atoms with E-state index in [1.54, 1.807) is 0 Å². The van der Waals surface area contributed by atoms with Crippen LogP contribution >= 0.6 is 12.2 Å². The normalized spacial score (nSPS) is 23.6. The molecule has 5 N–H and O–H groups in total. The van der Waals surface area contributed by atoms with Gasteiger partial charge in [0.1, 0.15) is 0 Å². The van der Waals surface area contributed by atoms with Crippen LogP contribution in [0.1, 0.15) is 26.2 Å². The molecule has 0 aromatic carbocycles. The molecule has 0 aromatic rings. The monoisotopic (exact) mass is 257 g/mol. The Morgan fingerprint density at radius 2 is 2.35 bits per heavy atom. The molecule has 1 fully saturated rings. The molecule has 17 heavy (non-hydrogen) atoms. The fourth-order valence-corrected chi connectivity index (χ4v) is 1.55. The molecular formula is C9H15N5O2S. The van der Waals surface area contributed by atoms with Crippen LogP contribution in [0.5, 0.6) is 0 Å². The summed E-state index contributed by atoms with van der Waals surface area (Å²) in [5, 5.41) is 8.48. The predicted molar refractivity (Wildman–Crippen MR) is 67.3 cm³/mol. The number of nitrogens with two attached hydrogens (primary N) is 1. The number of carbonyl (C=O) groups is 2. The Kier molecular flexibility index (Phi) is 4.38. The van der Waals surface area contributed by atoms with Crippen LogP contribution in [0, 0.1) is 0 Å². The Morgan fingerprint density at radius 3 is 2.82 bits per heavy atom. The second kappa shape index (κ2) is 5.58. The molecule has 0 radical (unpaired) electrons. The van der Waals surface area contributed by atoms with E-state index in [-0.39, 0.29) is 5.11 Å². The lowest BCUT2D eigenvalue weighted by molar-refractivity contribution is -0.121. The minimum absolute atomic E-state index is 0.00313. The molecule has 1 aliphatic rings. The van der Waals surface area contributed by atoms with Crippen molar-refractivity contribution in [3.8, 4) is 0 Å². The number of unbranched alkanes of at least 4 members (excludes halogenated alkanes) is 1. The van der Waals surface area contributed by atoms with Crippen molar-refractivity contribution in [2.75, 3.05) is 0 Å². The summed E-state index contributed by atoms with van der Waals surface area (Å²) >= 11 is 4.58. The number of thiocarbonyl (C=S) groups is 1. The van der Waals surface area contributed by atoms with Gasteiger partial charge in [-0.2, -0.15) is 5.10 Å². The first kappa shape index (κ1) is 13.4. The maximum atomic E-state index is 11.7. The summed E-state index contributed by atoms with van der Waals surface area (Å²) in [6, 6.07) is -0.520. The number of imide groups is 1. The largest absolute Gasteiger partial charge is 0.375 e. The van der Waals surface area contributed by atoms with E-state index in [0.717, 1.165) is 12.8 Å². The number of nitrogens with zero attached hydrogens (tertiary/aromatic N) is 1. The van der Waals surface area contributed by atoms with Crippen LogP contribution in [0.4, 0.5) is 4.79 Å². The predicted octanol–water partition coefficient (Wildman–Crippen LogP) is -0.426. The van der Waals surface area contributed by atoms with Crippen molar-refractivity contribution in [1.29, 1.82) is 0 Å². The first-order chi connectivity index (χ1) is 8.00. The molecule has 1 atom stereocenters. The Morgan fingerprint density at radius 1 is 1.65 bits per heavy atom. The van der Waals surface area contributed by atoms with Gasteiger partial charge in [-0.25, -0.2) is 4.79 Å². The lowest BCUT2D eigenvalue weighted by Crippen LogP contribution is -2.49. The molecule has 94 valence electrons. The molecule has 0 aromatic heterocycles. The molecule has 1 heterocycles. The molecule has 1 rings (SSSR count). The van der Waals surface area contributed by atoms with Gasteiger partial charge in [-0.15, -0.1) is 0 Å². The van der Waals surface area contributed by atoms with E-state index in [4.69, 9.17) is 5.73 Å². The average molecular weight is 257 g/mol. The number of hydrazone groups is 1. The lowest BCUT2D eigenvalue weighted by Gasteiger charge is -2.20. The third-order valence-electron chi connectivity index (χ3n) is 2.35. The topological polar surface area (TPSA) is 109 Å². The third-order valence-corrected chi connectivity index (χ3v) is 2.44. The van der Waals surface area contributed by atoms with Gasteiger partial charge >= 0.3 is 6.03 Å². The zero-order valence-electron chi connectivity index (χ0n) is 9.45. The summed E-state index contributed by atoms with van der Waals surface area (Å²) in [5.41, 5.74) is 6.45. The summed E-state index contributed by atoms with van der Waals surface area (Å²) in [6.07, 6.45) is 3.49. The van der Waals surface area contributed by atoms with Crippen molar-refractivity contribution in [3.05, 3.63) is 0 Å². The van der Waals surface area contributed by atoms with Gasteiger partial charge in [0.25, 0.3) is 5.91 Å². The number of urea groups is 1. The quantitative estimate of drug-likeness (QED) is 0.231. The lowest BCUT2D eigenvalue weighted by atomic mass is 9.94. The minimum atomic E-state index is -1.11. The van der Waals surface area contributed by atoms with Gasteiger partial charge in [0.2, 0.25) is 0 Å². The van der Waals surface area contributed by atoms with Crippen LogP contribution in [0.3, 0.4) is 0 Å². The van der Waals surface area contributed by atoms with Gasteiger partial charge in [-0.1, -0.05) is 19.8 Å². The van der Waals surface area contributed by atoms with Crippen molar-refractivity contribution < 1.29 is 9.59 Å². The van der Waals surface area contributed by atoms with Gasteiger partial charge < -0.3 is 11.1 Å². The van der Waals surface area contributed by atoms with E-state index in [2.05, 4.69) is 33.4 Å². The van der Waals surface area contributed by atoms with E-state index in [1.165, 1.54) is 6.21 Å². The molecule has 7 nitrogen and oxygen atoms in total. The Balaban J connectivity index is 2.79. The highest BCUT2D eigenvalue weighted by Crippen LogP contribution is 2.16. The average Bonchev–Trinajstić information content (AvgIpc) is 2.51. The van der Waals surface area contributed by atoms with E-state index >= 15 is 0 Å². The van der Waals surface area contributed by atoms with Crippen LogP contribution in [-0.2, 0) is 4.79 Å². The molecular weight excluding hydrogens is 242 g/mol. The number of hydrogen-bond donors (Lipinski definition) is 4. The summed E-state index contributed by atoms with van der Waals surface area (Å²) < 4.78 is 0. The third kappa shape index (κ3) is 3.38. The first-order valence-corrected chi connectivity index (χ1v) is 5.64. The van der Waals surface area contributed by atoms with Gasteiger partial charge in [-0.05, 0) is 18.6 Å². The zero-order valence-corrected chi connectivity index (χ0v) is 10.3. The molecule has 0 spiro atoms. The maximum absolute atomic E-state index is 11.7. The summed E-state index contributed by atoms with van der Waals surface area (Å²) in [6.45, 7) is 1.99. The van der Waals surface area contributed by atoms with Crippen LogP contribution < -0.4 is 21.8 Å². The molecule has 0 aliphatic carbocycles. The van der Waals surface area contributed by atoms with Crippen LogP contribution in [0.2, 0.25) is 0 Å². The van der Waals surface area contributed by atoms with E-state index < -0.39 is 17.5 Å². The van der Waals surface area contributed by atoms with Crippen LogP contribution in [0.15, 0.2) is 5.10 Å². The molecule has 1 aliphatic heterocycles. The van der Waals surface area contributed by atoms with Crippen LogP contribution in [0.25, 0.3) is 0 Å². The van der Waals surface area contributed by atoms with Gasteiger partial charge in [0.05, 0.1) is 6.21 Å². The fraction of sp³-hybridized carbons (Fsp3) is 0.556. The van der Waals surface area contributed by atoms with Crippen molar-refractivity contribution in [2.24, 2.45) is 10.8 Å². The minimum Gasteiger partial charge on any atom is -0.375 e. The highest BCUT2D eigenvalue weighted by atomic mass is 32.1. The molecule has 1 saturated heterocycles. The molecule has 0 saturated carbocycles. The van der Waals surface area contributed by atoms with Gasteiger partial charge in [-0.3, -0.25) is 15.5 Å². The molecule has 0 bridgehead atoms. The SMILES string of the molecule is CCCC[C@@]1(/C=N\NC(N)=S)NC(=O)NC1=O. The Labute approximate surface area is 104 Å². The summed E-state index contributed by atoms with van der Waals surface area (Å²) in [5.74, 6) is -0.413. The Hall–Kier alpha value is -1.70. The Bertz CT molecular complexity index is 370. The van der Waals surface area contributed by atoms with Crippen molar-refractivity contribution >= 4 is 35.5 Å². The van der Waals surface area contributed by atoms with Gasteiger partial charge in [0, 0.05) is 0 Å². The van der Waals surface area contributed by atoms with E-state index in [0.29, 0.717) is 6.42 Å². The zero-order chi connectivity index (χ0) is 12.9. The number of rotatable bonds is 5. The smallest absolute Gasteiger partial charge is 0.322 e. The van der Waals surface area contributed by atoms with E-state index in [1.807, 2.05) is 6.92 Å². The van der Waals surface area contributed by atoms with Crippen molar-refractivity contribution in [1.82, 2.24) is 16.1 Å². The standard InChI is InChI=1S/C9H15N5O2S/c1-2-3-4-9(5-11-14-7(10)17)6(15)12-8(16)13-9/h5H,2-4H2,1H3,(H3,10,14,17)(H2,12,13,15,16)/b11-5-/t9-/m0/s1. The second-order valence-corrected chi connectivity index (χ2v) is 4.16. The fourth-order valence-electron chi connectivity index (χ4n) is 1.50. The number of hydrogen-bond acceptors (Lipinski definition) is 4. The van der Waals surface area contributed by atoms with Crippen LogP contribution in [-0.4, -0.2) is 28.8 Å². The second-order valence-electron chi connectivity index (χ2n) is 3.72. The first-order valence-electron chi connectivity index (χ1n) is 5.23. The van der Waals surface area contributed by atoms with Gasteiger partial charge in [0.15, 0.2) is 10.7 Å². The summed E-state index contributed by atoms with van der Waals surface area (Å²) in [4.78, 5) is 22.9. The highest BCUT2D eigenvalue weighted by molar-refractivity contribution is 7.80. The molecule has 0 unspecified atom stereocenters. The van der Waals surface area contributed by atoms with Crippen molar-refractivity contribution in [2.45, 2.75) is 31.7 Å². The van der Waals surface area contributed by atoms with E-state index in [9.17, 15) is 9.59 Å². The number of carbonyl (C=O) groups excluding carboxylic acids is 2. The highest BCUT2D eigenvalue weighted by Gasteiger charge is 2.44. The molecule has 8 heteroatoms. The maximum Gasteiger partial charge on any atom is 0.322 e. The number of nitrogens with one attached hydrogen (secondary N) is 3. The van der Waals surface area contributed by atoms with Crippen molar-refractivity contribution in [3.63, 3.8) is 0 Å². The number of amides is 3.